The molecule has 104 valence electrons. The van der Waals surface area contributed by atoms with Crippen LogP contribution in [0.15, 0.2) is 18.2 Å². The first-order valence-corrected chi connectivity index (χ1v) is 5.95. The van der Waals surface area contributed by atoms with Crippen LogP contribution in [0.3, 0.4) is 0 Å². The number of carboxylic acids is 1. The molecule has 0 aliphatic heterocycles. The number of rotatable bonds is 6. The normalized spacial score (nSPS) is 11.7. The van der Waals surface area contributed by atoms with Gasteiger partial charge in [0.2, 0.25) is 0 Å². The SMILES string of the molecule is CCOc1cc(N)cc(C(=O)OC(CC)C(=O)O)c1. The Hall–Kier alpha value is -2.24. The third-order valence-electron chi connectivity index (χ3n) is 2.37. The van der Waals surface area contributed by atoms with E-state index in [1.54, 1.807) is 19.9 Å². The Bertz CT molecular complexity index is 472. The summed E-state index contributed by atoms with van der Waals surface area (Å²) in [5.41, 5.74) is 6.16. The van der Waals surface area contributed by atoms with E-state index in [4.69, 9.17) is 20.3 Å². The molecule has 0 bridgehead atoms. The smallest absolute Gasteiger partial charge is 0.345 e. The average Bonchev–Trinajstić information content (AvgIpc) is 2.34. The second-order valence-electron chi connectivity index (χ2n) is 3.86. The van der Waals surface area contributed by atoms with Crippen molar-refractivity contribution in [2.45, 2.75) is 26.4 Å². The Morgan fingerprint density at radius 2 is 2.00 bits per heavy atom. The van der Waals surface area contributed by atoms with Crippen molar-refractivity contribution < 1.29 is 24.2 Å². The second kappa shape index (κ2) is 6.63. The number of carbonyl (C=O) groups is 2. The van der Waals surface area contributed by atoms with Crippen molar-refractivity contribution in [2.75, 3.05) is 12.3 Å². The van der Waals surface area contributed by atoms with E-state index in [0.717, 1.165) is 0 Å². The molecule has 0 fully saturated rings. The fraction of sp³-hybridized carbons (Fsp3) is 0.385. The molecule has 1 aromatic rings. The molecule has 6 nitrogen and oxygen atoms in total. The molecule has 19 heavy (non-hydrogen) atoms. The number of esters is 1. The summed E-state index contributed by atoms with van der Waals surface area (Å²) in [5, 5.41) is 8.84. The predicted molar refractivity (Wildman–Crippen MR) is 69.2 cm³/mol. The highest BCUT2D eigenvalue weighted by atomic mass is 16.6. The van der Waals surface area contributed by atoms with Crippen LogP contribution in [-0.4, -0.2) is 29.8 Å². The fourth-order valence-electron chi connectivity index (χ4n) is 1.50. The van der Waals surface area contributed by atoms with Gasteiger partial charge in [-0.2, -0.15) is 0 Å². The first kappa shape index (κ1) is 14.8. The summed E-state index contributed by atoms with van der Waals surface area (Å²) in [7, 11) is 0. The van der Waals surface area contributed by atoms with Crippen molar-refractivity contribution in [1.82, 2.24) is 0 Å². The van der Waals surface area contributed by atoms with E-state index >= 15 is 0 Å². The van der Waals surface area contributed by atoms with Crippen molar-refractivity contribution in [3.63, 3.8) is 0 Å². The topological polar surface area (TPSA) is 98.9 Å². The van der Waals surface area contributed by atoms with Crippen LogP contribution in [0, 0.1) is 0 Å². The highest BCUT2D eigenvalue weighted by molar-refractivity contribution is 5.92. The van der Waals surface area contributed by atoms with Crippen LogP contribution in [0.4, 0.5) is 5.69 Å². The third-order valence-corrected chi connectivity index (χ3v) is 2.37. The Labute approximate surface area is 111 Å². The molecule has 0 spiro atoms. The van der Waals surface area contributed by atoms with Gasteiger partial charge in [0.15, 0.2) is 6.10 Å². The third kappa shape index (κ3) is 4.17. The van der Waals surface area contributed by atoms with Crippen molar-refractivity contribution in [3.05, 3.63) is 23.8 Å². The van der Waals surface area contributed by atoms with Crippen LogP contribution in [0.2, 0.25) is 0 Å². The van der Waals surface area contributed by atoms with Crippen molar-refractivity contribution >= 4 is 17.6 Å². The van der Waals surface area contributed by atoms with Gasteiger partial charge in [-0.3, -0.25) is 0 Å². The van der Waals surface area contributed by atoms with Gasteiger partial charge in [0.1, 0.15) is 5.75 Å². The minimum absolute atomic E-state index is 0.170. The summed E-state index contributed by atoms with van der Waals surface area (Å²) in [4.78, 5) is 22.6. The zero-order valence-corrected chi connectivity index (χ0v) is 10.9. The minimum atomic E-state index is -1.18. The van der Waals surface area contributed by atoms with Crippen LogP contribution < -0.4 is 10.5 Å². The van der Waals surface area contributed by atoms with Gasteiger partial charge in [0.05, 0.1) is 12.2 Å². The molecule has 1 rings (SSSR count). The number of nitrogens with two attached hydrogens (primary N) is 1. The molecule has 6 heteroatoms. The van der Waals surface area contributed by atoms with Gasteiger partial charge in [-0.25, -0.2) is 9.59 Å². The Morgan fingerprint density at radius 3 is 2.53 bits per heavy atom. The highest BCUT2D eigenvalue weighted by Gasteiger charge is 2.21. The van der Waals surface area contributed by atoms with Crippen molar-refractivity contribution in [2.24, 2.45) is 0 Å². The number of carbonyl (C=O) groups excluding carboxylic acids is 1. The van der Waals surface area contributed by atoms with Crippen LogP contribution in [-0.2, 0) is 9.53 Å². The first-order chi connectivity index (χ1) is 8.97. The molecule has 0 radical (unpaired) electrons. The van der Waals surface area contributed by atoms with Gasteiger partial charge < -0.3 is 20.3 Å². The number of hydrogen-bond acceptors (Lipinski definition) is 5. The van der Waals surface area contributed by atoms with Gasteiger partial charge >= 0.3 is 11.9 Å². The van der Waals surface area contributed by atoms with Crippen molar-refractivity contribution in [1.29, 1.82) is 0 Å². The Morgan fingerprint density at radius 1 is 1.32 bits per heavy atom. The monoisotopic (exact) mass is 267 g/mol. The van der Waals surface area contributed by atoms with Gasteiger partial charge in [-0.1, -0.05) is 6.92 Å². The summed E-state index contributed by atoms with van der Waals surface area (Å²) < 4.78 is 10.1. The number of hydrogen-bond donors (Lipinski definition) is 2. The number of anilines is 1. The maximum Gasteiger partial charge on any atom is 0.345 e. The standard InChI is InChI=1S/C13H17NO5/c1-3-11(12(15)16)19-13(17)8-5-9(14)7-10(6-8)18-4-2/h5-7,11H,3-4,14H2,1-2H3,(H,15,16). The molecule has 0 aliphatic rings. The molecule has 3 N–H and O–H groups in total. The lowest BCUT2D eigenvalue weighted by Crippen LogP contribution is -2.26. The molecule has 0 aromatic heterocycles. The Kier molecular flexibility index (Phi) is 5.17. The second-order valence-corrected chi connectivity index (χ2v) is 3.86. The molecule has 1 aromatic carbocycles. The highest BCUT2D eigenvalue weighted by Crippen LogP contribution is 2.20. The van der Waals surface area contributed by atoms with Crippen LogP contribution in [0.5, 0.6) is 5.75 Å². The summed E-state index contributed by atoms with van der Waals surface area (Å²) >= 11 is 0. The van der Waals surface area contributed by atoms with Gasteiger partial charge in [-0.15, -0.1) is 0 Å². The largest absolute Gasteiger partial charge is 0.494 e. The van der Waals surface area contributed by atoms with E-state index in [-0.39, 0.29) is 12.0 Å². The zero-order valence-electron chi connectivity index (χ0n) is 10.9. The van der Waals surface area contributed by atoms with Crippen LogP contribution in [0.25, 0.3) is 0 Å². The maximum atomic E-state index is 11.8. The molecular formula is C13H17NO5. The summed E-state index contributed by atoms with van der Waals surface area (Å²) in [6.07, 6.45) is -0.966. The van der Waals surface area contributed by atoms with Gasteiger partial charge in [-0.05, 0) is 25.5 Å². The average molecular weight is 267 g/mol. The molecule has 1 unspecified atom stereocenters. The fourth-order valence-corrected chi connectivity index (χ4v) is 1.50. The lowest BCUT2D eigenvalue weighted by Gasteiger charge is -2.12. The van der Waals surface area contributed by atoms with Gasteiger partial charge in [0.25, 0.3) is 0 Å². The molecule has 0 aliphatic carbocycles. The molecule has 0 saturated heterocycles. The van der Waals surface area contributed by atoms with Crippen molar-refractivity contribution in [3.8, 4) is 5.75 Å². The number of ether oxygens (including phenoxy) is 2. The van der Waals surface area contributed by atoms with E-state index < -0.39 is 18.0 Å². The molecule has 0 saturated carbocycles. The number of aliphatic carboxylic acids is 1. The summed E-state index contributed by atoms with van der Waals surface area (Å²) in [5.74, 6) is -1.47. The number of benzene rings is 1. The lowest BCUT2D eigenvalue weighted by atomic mass is 10.2. The quantitative estimate of drug-likeness (QED) is 0.601. The van der Waals surface area contributed by atoms with Crippen LogP contribution >= 0.6 is 0 Å². The maximum absolute atomic E-state index is 11.8. The summed E-state index contributed by atoms with van der Waals surface area (Å²) in [6.45, 7) is 3.86. The zero-order chi connectivity index (χ0) is 14.4. The van der Waals surface area contributed by atoms with Crippen LogP contribution in [0.1, 0.15) is 30.6 Å². The van der Waals surface area contributed by atoms with E-state index in [2.05, 4.69) is 0 Å². The number of carboxylic acid groups (broad SMARTS) is 1. The molecule has 0 heterocycles. The predicted octanol–water partition coefficient (Wildman–Crippen LogP) is 1.69. The summed E-state index contributed by atoms with van der Waals surface area (Å²) in [6, 6.07) is 4.46. The van der Waals surface area contributed by atoms with E-state index in [1.807, 2.05) is 0 Å². The first-order valence-electron chi connectivity index (χ1n) is 5.95. The molecule has 1 atom stereocenters. The van der Waals surface area contributed by atoms with E-state index in [0.29, 0.717) is 18.0 Å². The van der Waals surface area contributed by atoms with E-state index in [9.17, 15) is 9.59 Å². The Balaban J connectivity index is 2.89. The lowest BCUT2D eigenvalue weighted by molar-refractivity contribution is -0.147. The minimum Gasteiger partial charge on any atom is -0.494 e. The number of nitrogen functional groups attached to an aromatic ring is 1. The molecular weight excluding hydrogens is 250 g/mol. The van der Waals surface area contributed by atoms with E-state index in [1.165, 1.54) is 12.1 Å². The molecule has 0 amide bonds. The van der Waals surface area contributed by atoms with Gasteiger partial charge in [0, 0.05) is 11.8 Å².